The highest BCUT2D eigenvalue weighted by molar-refractivity contribution is 5.83. The highest BCUT2D eigenvalue weighted by atomic mass is 16.5. The van der Waals surface area contributed by atoms with Gasteiger partial charge in [-0.2, -0.15) is 0 Å². The third kappa shape index (κ3) is 4.80. The fraction of sp³-hybridized carbons (Fsp3) is 0.882. The number of carbonyl (C=O) groups is 2. The number of nitrogens with zero attached hydrogens (tertiary/aromatic N) is 1. The van der Waals surface area contributed by atoms with Crippen LogP contribution in [0.25, 0.3) is 0 Å². The van der Waals surface area contributed by atoms with Crippen LogP contribution in [0.3, 0.4) is 0 Å². The van der Waals surface area contributed by atoms with Crippen LogP contribution >= 0.6 is 0 Å². The molecule has 0 N–H and O–H groups in total. The first-order valence-electron chi connectivity index (χ1n) is 8.64. The van der Waals surface area contributed by atoms with Crippen molar-refractivity contribution in [2.24, 2.45) is 5.92 Å². The van der Waals surface area contributed by atoms with Crippen molar-refractivity contribution in [3.8, 4) is 0 Å². The Bertz CT molecular complexity index is 356. The van der Waals surface area contributed by atoms with E-state index < -0.39 is 0 Å². The largest absolute Gasteiger partial charge is 0.466 e. The molecule has 1 aliphatic heterocycles. The number of Topliss-reactive ketones (excluding diaryl/α,β-unsaturated/α-hetero) is 1. The minimum atomic E-state index is -0.0758. The lowest BCUT2D eigenvalue weighted by molar-refractivity contribution is -0.143. The molecule has 1 saturated heterocycles. The Hall–Kier alpha value is -0.900. The molecule has 0 spiro atoms. The zero-order valence-electron chi connectivity index (χ0n) is 13.3. The Morgan fingerprint density at radius 1 is 1.24 bits per heavy atom. The summed E-state index contributed by atoms with van der Waals surface area (Å²) in [6, 6.07) is 0.505. The maximum atomic E-state index is 11.9. The van der Waals surface area contributed by atoms with Crippen LogP contribution < -0.4 is 0 Å². The Labute approximate surface area is 128 Å². The van der Waals surface area contributed by atoms with Crippen molar-refractivity contribution in [2.75, 3.05) is 19.7 Å². The molecule has 21 heavy (non-hydrogen) atoms. The molecule has 0 aromatic carbocycles. The third-order valence-corrected chi connectivity index (χ3v) is 4.86. The van der Waals surface area contributed by atoms with Crippen molar-refractivity contribution in [3.63, 3.8) is 0 Å². The van der Waals surface area contributed by atoms with Crippen LogP contribution in [-0.4, -0.2) is 42.4 Å². The summed E-state index contributed by atoms with van der Waals surface area (Å²) in [6.07, 6.45) is 9.07. The van der Waals surface area contributed by atoms with Gasteiger partial charge in [0.15, 0.2) is 0 Å². The number of unbranched alkanes of at least 4 members (excludes halogenated alkanes) is 2. The lowest BCUT2D eigenvalue weighted by Gasteiger charge is -2.28. The highest BCUT2D eigenvalue weighted by Crippen LogP contribution is 2.33. The monoisotopic (exact) mass is 295 g/mol. The van der Waals surface area contributed by atoms with Crippen LogP contribution in [0.4, 0.5) is 0 Å². The van der Waals surface area contributed by atoms with Crippen molar-refractivity contribution in [2.45, 2.75) is 70.8 Å². The van der Waals surface area contributed by atoms with Crippen LogP contribution in [0.15, 0.2) is 0 Å². The molecule has 1 heterocycles. The summed E-state index contributed by atoms with van der Waals surface area (Å²) < 4.78 is 4.93. The molecule has 1 saturated carbocycles. The zero-order valence-corrected chi connectivity index (χ0v) is 13.3. The van der Waals surface area contributed by atoms with Gasteiger partial charge >= 0.3 is 5.97 Å². The Morgan fingerprint density at radius 2 is 2.10 bits per heavy atom. The van der Waals surface area contributed by atoms with Crippen LogP contribution in [0.1, 0.15) is 64.7 Å². The van der Waals surface area contributed by atoms with E-state index in [1.807, 2.05) is 6.92 Å². The summed E-state index contributed by atoms with van der Waals surface area (Å²) >= 11 is 0. The predicted molar refractivity (Wildman–Crippen MR) is 82.0 cm³/mol. The van der Waals surface area contributed by atoms with E-state index in [0.717, 1.165) is 51.6 Å². The first-order valence-corrected chi connectivity index (χ1v) is 8.64. The van der Waals surface area contributed by atoms with Gasteiger partial charge < -0.3 is 4.74 Å². The molecule has 0 aromatic rings. The summed E-state index contributed by atoms with van der Waals surface area (Å²) in [7, 11) is 0. The van der Waals surface area contributed by atoms with Gasteiger partial charge in [0.2, 0.25) is 0 Å². The molecule has 120 valence electrons. The molecule has 0 aromatic heterocycles. The lowest BCUT2D eigenvalue weighted by atomic mass is 9.95. The average molecular weight is 295 g/mol. The highest BCUT2D eigenvalue weighted by Gasteiger charge is 2.37. The van der Waals surface area contributed by atoms with Gasteiger partial charge in [-0.15, -0.1) is 0 Å². The van der Waals surface area contributed by atoms with E-state index in [4.69, 9.17) is 4.74 Å². The van der Waals surface area contributed by atoms with Crippen molar-refractivity contribution >= 4 is 11.8 Å². The first-order chi connectivity index (χ1) is 10.2. The van der Waals surface area contributed by atoms with Gasteiger partial charge in [0.25, 0.3) is 0 Å². The quantitative estimate of drug-likeness (QED) is 0.510. The molecule has 4 heteroatoms. The number of ether oxygens (including phenoxy) is 1. The first kappa shape index (κ1) is 16.5. The van der Waals surface area contributed by atoms with E-state index in [9.17, 15) is 9.59 Å². The average Bonchev–Trinajstić information content (AvgIpc) is 3.07. The normalized spacial score (nSPS) is 26.4. The Morgan fingerprint density at radius 3 is 2.81 bits per heavy atom. The fourth-order valence-electron chi connectivity index (χ4n) is 3.83. The number of esters is 1. The SMILES string of the molecule is CCOC(=O)CCCCCN1CCCC1C1CCCC1=O. The van der Waals surface area contributed by atoms with E-state index in [2.05, 4.69) is 4.90 Å². The molecular formula is C17H29NO3. The number of hydrogen-bond acceptors (Lipinski definition) is 4. The van der Waals surface area contributed by atoms with E-state index in [1.54, 1.807) is 0 Å². The molecule has 0 amide bonds. The number of rotatable bonds is 8. The molecule has 2 rings (SSSR count). The van der Waals surface area contributed by atoms with E-state index in [0.29, 0.717) is 30.8 Å². The lowest BCUT2D eigenvalue weighted by Crippen LogP contribution is -2.38. The van der Waals surface area contributed by atoms with Crippen LogP contribution in [-0.2, 0) is 14.3 Å². The molecule has 0 radical (unpaired) electrons. The van der Waals surface area contributed by atoms with Gasteiger partial charge in [-0.3, -0.25) is 14.5 Å². The molecule has 2 fully saturated rings. The summed E-state index contributed by atoms with van der Waals surface area (Å²) in [5, 5.41) is 0. The molecule has 2 atom stereocenters. The maximum Gasteiger partial charge on any atom is 0.305 e. The molecule has 1 aliphatic carbocycles. The fourth-order valence-corrected chi connectivity index (χ4v) is 3.83. The van der Waals surface area contributed by atoms with E-state index >= 15 is 0 Å². The van der Waals surface area contributed by atoms with Crippen LogP contribution in [0, 0.1) is 5.92 Å². The Kier molecular flexibility index (Phi) is 6.68. The van der Waals surface area contributed by atoms with E-state index in [1.165, 1.54) is 12.8 Å². The van der Waals surface area contributed by atoms with Crippen molar-refractivity contribution in [3.05, 3.63) is 0 Å². The topological polar surface area (TPSA) is 46.6 Å². The molecule has 2 unspecified atom stereocenters. The number of carbonyl (C=O) groups excluding carboxylic acids is 2. The summed E-state index contributed by atoms with van der Waals surface area (Å²) in [5.74, 6) is 0.731. The van der Waals surface area contributed by atoms with Crippen molar-refractivity contribution < 1.29 is 14.3 Å². The molecule has 0 bridgehead atoms. The minimum absolute atomic E-state index is 0.0758. The van der Waals surface area contributed by atoms with E-state index in [-0.39, 0.29) is 5.97 Å². The van der Waals surface area contributed by atoms with Gasteiger partial charge in [-0.05, 0) is 58.5 Å². The summed E-state index contributed by atoms with van der Waals surface area (Å²) in [5.41, 5.74) is 0. The number of hydrogen-bond donors (Lipinski definition) is 0. The Balaban J connectivity index is 1.63. The van der Waals surface area contributed by atoms with Crippen molar-refractivity contribution in [1.29, 1.82) is 0 Å². The second kappa shape index (κ2) is 8.52. The van der Waals surface area contributed by atoms with Gasteiger partial charge in [-0.1, -0.05) is 6.42 Å². The second-order valence-electron chi connectivity index (χ2n) is 6.33. The number of ketones is 1. The van der Waals surface area contributed by atoms with Gasteiger partial charge in [0.1, 0.15) is 5.78 Å². The predicted octanol–water partition coefficient (Wildman–Crippen LogP) is 2.94. The summed E-state index contributed by atoms with van der Waals surface area (Å²) in [4.78, 5) is 25.7. The minimum Gasteiger partial charge on any atom is -0.466 e. The van der Waals surface area contributed by atoms with Crippen molar-refractivity contribution in [1.82, 2.24) is 4.90 Å². The maximum absolute atomic E-state index is 11.9. The van der Waals surface area contributed by atoms with Gasteiger partial charge in [0, 0.05) is 24.8 Å². The smallest absolute Gasteiger partial charge is 0.305 e. The van der Waals surface area contributed by atoms with Crippen LogP contribution in [0.5, 0.6) is 0 Å². The third-order valence-electron chi connectivity index (χ3n) is 4.86. The van der Waals surface area contributed by atoms with Crippen LogP contribution in [0.2, 0.25) is 0 Å². The van der Waals surface area contributed by atoms with Gasteiger partial charge in [0.05, 0.1) is 6.61 Å². The standard InChI is InChI=1S/C17H29NO3/c1-2-21-17(20)11-4-3-5-12-18-13-7-9-15(18)14-8-6-10-16(14)19/h14-15H,2-13H2,1H3. The zero-order chi connectivity index (χ0) is 15.1. The second-order valence-corrected chi connectivity index (χ2v) is 6.33. The molecule has 2 aliphatic rings. The molecular weight excluding hydrogens is 266 g/mol. The summed E-state index contributed by atoms with van der Waals surface area (Å²) in [6.45, 7) is 4.54. The van der Waals surface area contributed by atoms with Gasteiger partial charge in [-0.25, -0.2) is 0 Å². The molecule has 4 nitrogen and oxygen atoms in total. The number of likely N-dealkylation sites (tertiary alicyclic amines) is 1.